The lowest BCUT2D eigenvalue weighted by atomic mass is 9.82. The van der Waals surface area contributed by atoms with Gasteiger partial charge < -0.3 is 9.84 Å². The van der Waals surface area contributed by atoms with E-state index in [1.807, 2.05) is 13.0 Å². The Kier molecular flexibility index (Phi) is 7.69. The van der Waals surface area contributed by atoms with Gasteiger partial charge in [-0.15, -0.1) is 0 Å². The van der Waals surface area contributed by atoms with Crippen LogP contribution in [0.15, 0.2) is 55.2 Å². The fourth-order valence-corrected chi connectivity index (χ4v) is 2.97. The summed E-state index contributed by atoms with van der Waals surface area (Å²) in [5.74, 6) is -0.0157. The van der Waals surface area contributed by atoms with Crippen LogP contribution < -0.4 is 4.74 Å². The summed E-state index contributed by atoms with van der Waals surface area (Å²) in [7, 11) is 1.48. The first-order valence-electron chi connectivity index (χ1n) is 8.45. The highest BCUT2D eigenvalue weighted by molar-refractivity contribution is 5.39. The van der Waals surface area contributed by atoms with E-state index in [0.29, 0.717) is 16.9 Å². The number of aryl methyl sites for hydroxylation is 1. The fraction of sp³-hybridized carbons (Fsp3) is 0.429. The van der Waals surface area contributed by atoms with E-state index in [2.05, 4.69) is 13.2 Å². The molecule has 0 amide bonds. The maximum absolute atomic E-state index is 13.6. The van der Waals surface area contributed by atoms with E-state index < -0.39 is 30.5 Å². The van der Waals surface area contributed by atoms with Crippen molar-refractivity contribution in [2.45, 2.75) is 50.8 Å². The van der Waals surface area contributed by atoms with Crippen molar-refractivity contribution in [2.75, 3.05) is 7.11 Å². The molecular weight excluding hydrogens is 341 g/mol. The van der Waals surface area contributed by atoms with Gasteiger partial charge in [0.05, 0.1) is 7.11 Å². The lowest BCUT2D eigenvalue weighted by Gasteiger charge is -2.33. The molecule has 2 unspecified atom stereocenters. The summed E-state index contributed by atoms with van der Waals surface area (Å²) in [5, 5.41) is 10.5. The van der Waals surface area contributed by atoms with Gasteiger partial charge in [-0.1, -0.05) is 56.0 Å². The van der Waals surface area contributed by atoms with E-state index in [1.165, 1.54) is 19.3 Å². The molecule has 1 rings (SSSR count). The molecule has 5 heteroatoms. The van der Waals surface area contributed by atoms with E-state index in [4.69, 9.17) is 4.74 Å². The van der Waals surface area contributed by atoms with Crippen LogP contribution >= 0.6 is 0 Å². The molecule has 2 nitrogen and oxygen atoms in total. The minimum Gasteiger partial charge on any atom is -0.496 e. The van der Waals surface area contributed by atoms with Crippen molar-refractivity contribution in [1.82, 2.24) is 0 Å². The summed E-state index contributed by atoms with van der Waals surface area (Å²) in [4.78, 5) is 0. The summed E-state index contributed by atoms with van der Waals surface area (Å²) in [6.07, 6.45) is -1.01. The van der Waals surface area contributed by atoms with Crippen LogP contribution in [0.5, 0.6) is 5.75 Å². The Balaban J connectivity index is 3.11. The Morgan fingerprint density at radius 3 is 2.46 bits per heavy atom. The minimum absolute atomic E-state index is 0.0587. The number of hydrogen-bond acceptors (Lipinski definition) is 2. The van der Waals surface area contributed by atoms with Crippen molar-refractivity contribution in [2.24, 2.45) is 0 Å². The molecule has 26 heavy (non-hydrogen) atoms. The summed E-state index contributed by atoms with van der Waals surface area (Å²) < 4.78 is 46.2. The second-order valence-corrected chi connectivity index (χ2v) is 6.56. The number of methoxy groups -OCH3 is 1. The standard InChI is InChI=1S/C21H27F3O2/c1-6-8-17(7-2)11-12-20(25,21(22,23)24)14-16(4)18-13-15(3)9-10-19(18)26-5/h6-10,13,16,25H,1-2,11-12,14H2,3-5H3/b17-8+. The molecule has 0 aromatic heterocycles. The molecule has 0 saturated carbocycles. The summed E-state index contributed by atoms with van der Waals surface area (Å²) >= 11 is 0. The van der Waals surface area contributed by atoms with Crippen molar-refractivity contribution < 1.29 is 23.0 Å². The van der Waals surface area contributed by atoms with Gasteiger partial charge in [0, 0.05) is 0 Å². The number of halogens is 3. The molecule has 1 aromatic carbocycles. The molecule has 0 heterocycles. The molecule has 0 spiro atoms. The third-order valence-corrected chi connectivity index (χ3v) is 4.51. The zero-order valence-corrected chi connectivity index (χ0v) is 15.6. The monoisotopic (exact) mass is 368 g/mol. The highest BCUT2D eigenvalue weighted by Gasteiger charge is 2.53. The van der Waals surface area contributed by atoms with Crippen LogP contribution in [-0.4, -0.2) is 24.0 Å². The van der Waals surface area contributed by atoms with Gasteiger partial charge in [-0.25, -0.2) is 0 Å². The average Bonchev–Trinajstić information content (AvgIpc) is 2.57. The summed E-state index contributed by atoms with van der Waals surface area (Å²) in [5.41, 5.74) is -0.625. The highest BCUT2D eigenvalue weighted by atomic mass is 19.4. The maximum atomic E-state index is 13.6. The largest absolute Gasteiger partial charge is 0.496 e. The maximum Gasteiger partial charge on any atom is 0.417 e. The average molecular weight is 368 g/mol. The molecule has 1 aromatic rings. The van der Waals surface area contributed by atoms with Crippen LogP contribution in [0.3, 0.4) is 0 Å². The Labute approximate surface area is 153 Å². The van der Waals surface area contributed by atoms with Gasteiger partial charge in [-0.3, -0.25) is 0 Å². The molecular formula is C21H27F3O2. The van der Waals surface area contributed by atoms with Gasteiger partial charge in [0.2, 0.25) is 0 Å². The summed E-state index contributed by atoms with van der Waals surface area (Å²) in [6, 6.07) is 5.37. The van der Waals surface area contributed by atoms with Crippen LogP contribution in [-0.2, 0) is 0 Å². The van der Waals surface area contributed by atoms with E-state index in [1.54, 1.807) is 25.1 Å². The molecule has 0 radical (unpaired) electrons. The second-order valence-electron chi connectivity index (χ2n) is 6.56. The number of allylic oxidation sites excluding steroid dienone is 4. The zero-order chi connectivity index (χ0) is 20.0. The number of aliphatic hydroxyl groups is 1. The van der Waals surface area contributed by atoms with Crippen LogP contribution in [0, 0.1) is 6.92 Å². The lowest BCUT2D eigenvalue weighted by molar-refractivity contribution is -0.266. The molecule has 0 aliphatic carbocycles. The van der Waals surface area contributed by atoms with Crippen LogP contribution in [0.1, 0.15) is 43.2 Å². The lowest BCUT2D eigenvalue weighted by Crippen LogP contribution is -2.46. The molecule has 1 N–H and O–H groups in total. The van der Waals surface area contributed by atoms with Crippen LogP contribution in [0.4, 0.5) is 13.2 Å². The predicted octanol–water partition coefficient (Wildman–Crippen LogP) is 5.87. The van der Waals surface area contributed by atoms with Crippen molar-refractivity contribution in [3.8, 4) is 5.75 Å². The molecule has 0 bridgehead atoms. The van der Waals surface area contributed by atoms with Crippen molar-refractivity contribution >= 4 is 0 Å². The van der Waals surface area contributed by atoms with Crippen LogP contribution in [0.2, 0.25) is 0 Å². The first-order valence-corrected chi connectivity index (χ1v) is 8.45. The number of ether oxygens (including phenoxy) is 1. The molecule has 0 fully saturated rings. The Hall–Kier alpha value is -2.01. The molecule has 144 valence electrons. The zero-order valence-electron chi connectivity index (χ0n) is 15.6. The van der Waals surface area contributed by atoms with Crippen molar-refractivity contribution in [3.05, 3.63) is 66.3 Å². The third kappa shape index (κ3) is 5.49. The van der Waals surface area contributed by atoms with Gasteiger partial charge in [-0.2, -0.15) is 13.2 Å². The molecule has 0 saturated heterocycles. The normalized spacial score (nSPS) is 15.9. The number of rotatable bonds is 9. The molecule has 0 aliphatic rings. The number of alkyl halides is 3. The van der Waals surface area contributed by atoms with Gasteiger partial charge in [0.15, 0.2) is 5.60 Å². The van der Waals surface area contributed by atoms with Crippen LogP contribution in [0.25, 0.3) is 0 Å². The van der Waals surface area contributed by atoms with Crippen molar-refractivity contribution in [1.29, 1.82) is 0 Å². The quantitative estimate of drug-likeness (QED) is 0.553. The molecule has 0 aliphatic heterocycles. The summed E-state index contributed by atoms with van der Waals surface area (Å²) in [6.45, 7) is 10.7. The Morgan fingerprint density at radius 2 is 1.96 bits per heavy atom. The first-order chi connectivity index (χ1) is 12.1. The van der Waals surface area contributed by atoms with E-state index >= 15 is 0 Å². The topological polar surface area (TPSA) is 29.5 Å². The smallest absolute Gasteiger partial charge is 0.417 e. The van der Waals surface area contributed by atoms with Gasteiger partial charge in [0.25, 0.3) is 0 Å². The SMILES string of the molecule is C=C/C=C(\C=C)CCC(O)(CC(C)c1cc(C)ccc1OC)C(F)(F)F. The Morgan fingerprint density at radius 1 is 1.31 bits per heavy atom. The van der Waals surface area contributed by atoms with Crippen molar-refractivity contribution in [3.63, 3.8) is 0 Å². The highest BCUT2D eigenvalue weighted by Crippen LogP contribution is 2.43. The van der Waals surface area contributed by atoms with E-state index in [-0.39, 0.29) is 6.42 Å². The third-order valence-electron chi connectivity index (χ3n) is 4.51. The fourth-order valence-electron chi connectivity index (χ4n) is 2.97. The Bertz CT molecular complexity index is 662. The number of benzene rings is 1. The van der Waals surface area contributed by atoms with Gasteiger partial charge >= 0.3 is 6.18 Å². The predicted molar refractivity (Wildman–Crippen MR) is 99.5 cm³/mol. The number of hydrogen-bond donors (Lipinski definition) is 1. The van der Waals surface area contributed by atoms with E-state index in [0.717, 1.165) is 5.56 Å². The molecule has 2 atom stereocenters. The van der Waals surface area contributed by atoms with E-state index in [9.17, 15) is 18.3 Å². The first kappa shape index (κ1) is 22.0. The minimum atomic E-state index is -4.74. The van der Waals surface area contributed by atoms with Gasteiger partial charge in [-0.05, 0) is 49.3 Å². The van der Waals surface area contributed by atoms with Gasteiger partial charge in [0.1, 0.15) is 5.75 Å². The second kappa shape index (κ2) is 9.08.